The monoisotopic (exact) mass is 266 g/mol. The highest BCUT2D eigenvalue weighted by molar-refractivity contribution is 5.30. The van der Waals surface area contributed by atoms with Gasteiger partial charge in [0.05, 0.1) is 6.10 Å². The molecule has 0 aliphatic heterocycles. The van der Waals surface area contributed by atoms with Crippen molar-refractivity contribution in [2.75, 3.05) is 0 Å². The fourth-order valence-corrected chi connectivity index (χ4v) is 1.94. The third-order valence-corrected chi connectivity index (χ3v) is 3.05. The number of aliphatic hydroxyl groups excluding tert-OH is 1. The van der Waals surface area contributed by atoms with Crippen LogP contribution in [0, 0.1) is 12.3 Å². The van der Waals surface area contributed by atoms with Crippen molar-refractivity contribution in [3.8, 4) is 18.1 Å². The zero-order chi connectivity index (χ0) is 14.2. The first kappa shape index (κ1) is 14.2. The van der Waals surface area contributed by atoms with Crippen molar-refractivity contribution in [2.45, 2.75) is 25.6 Å². The number of aliphatic hydroxyl groups is 1. The molecule has 0 heterocycles. The second-order valence-corrected chi connectivity index (χ2v) is 4.61. The summed E-state index contributed by atoms with van der Waals surface area (Å²) >= 11 is 0. The average Bonchev–Trinajstić information content (AvgIpc) is 2.52. The molecular formula is C18H18O2. The van der Waals surface area contributed by atoms with Gasteiger partial charge in [-0.25, -0.2) is 0 Å². The highest BCUT2D eigenvalue weighted by Gasteiger charge is 2.07. The molecule has 0 saturated carbocycles. The van der Waals surface area contributed by atoms with E-state index in [9.17, 15) is 5.11 Å². The van der Waals surface area contributed by atoms with Crippen molar-refractivity contribution in [3.63, 3.8) is 0 Å². The van der Waals surface area contributed by atoms with Crippen LogP contribution in [0.4, 0.5) is 0 Å². The van der Waals surface area contributed by atoms with E-state index in [2.05, 4.69) is 5.92 Å². The Kier molecular flexibility index (Phi) is 5.23. The first-order valence-electron chi connectivity index (χ1n) is 6.68. The van der Waals surface area contributed by atoms with E-state index in [1.54, 1.807) is 0 Å². The van der Waals surface area contributed by atoms with Crippen LogP contribution in [0.15, 0.2) is 54.6 Å². The fraction of sp³-hybridized carbons (Fsp3) is 0.222. The predicted molar refractivity (Wildman–Crippen MR) is 80.2 cm³/mol. The van der Waals surface area contributed by atoms with Crippen molar-refractivity contribution < 1.29 is 9.84 Å². The van der Waals surface area contributed by atoms with Gasteiger partial charge in [-0.3, -0.25) is 0 Å². The molecule has 0 aromatic heterocycles. The Balaban J connectivity index is 1.97. The predicted octanol–water partition coefficient (Wildman–Crippen LogP) is 3.71. The lowest BCUT2D eigenvalue weighted by Gasteiger charge is -2.12. The van der Waals surface area contributed by atoms with Crippen molar-refractivity contribution in [2.24, 2.45) is 0 Å². The molecule has 0 aliphatic carbocycles. The molecule has 1 unspecified atom stereocenters. The van der Waals surface area contributed by atoms with E-state index in [-0.39, 0.29) is 0 Å². The maximum atomic E-state index is 10.0. The van der Waals surface area contributed by atoms with Crippen molar-refractivity contribution in [1.82, 2.24) is 0 Å². The largest absolute Gasteiger partial charge is 0.489 e. The quantitative estimate of drug-likeness (QED) is 0.808. The first-order valence-corrected chi connectivity index (χ1v) is 6.68. The summed E-state index contributed by atoms with van der Waals surface area (Å²) in [5, 5.41) is 10.0. The van der Waals surface area contributed by atoms with Gasteiger partial charge in [-0.15, -0.1) is 12.3 Å². The summed E-state index contributed by atoms with van der Waals surface area (Å²) in [6, 6.07) is 17.5. The Morgan fingerprint density at radius 3 is 2.65 bits per heavy atom. The van der Waals surface area contributed by atoms with Gasteiger partial charge in [0.15, 0.2) is 0 Å². The van der Waals surface area contributed by atoms with Crippen LogP contribution < -0.4 is 4.74 Å². The van der Waals surface area contributed by atoms with E-state index in [4.69, 9.17) is 11.2 Å². The lowest BCUT2D eigenvalue weighted by molar-refractivity contribution is 0.169. The van der Waals surface area contributed by atoms with Gasteiger partial charge in [-0.05, 0) is 29.7 Å². The molecule has 0 amide bonds. The zero-order valence-electron chi connectivity index (χ0n) is 11.3. The summed E-state index contributed by atoms with van der Waals surface area (Å²) < 4.78 is 5.74. The van der Waals surface area contributed by atoms with Gasteiger partial charge in [0, 0.05) is 6.42 Å². The molecule has 2 rings (SSSR count). The fourth-order valence-electron chi connectivity index (χ4n) is 1.94. The van der Waals surface area contributed by atoms with Crippen LogP contribution in [0.25, 0.3) is 0 Å². The Labute approximate surface area is 120 Å². The maximum Gasteiger partial charge on any atom is 0.120 e. The van der Waals surface area contributed by atoms with E-state index in [1.165, 1.54) is 0 Å². The van der Waals surface area contributed by atoms with Gasteiger partial charge < -0.3 is 9.84 Å². The lowest BCUT2D eigenvalue weighted by atomic mass is 10.1. The zero-order valence-corrected chi connectivity index (χ0v) is 11.3. The third-order valence-electron chi connectivity index (χ3n) is 3.05. The summed E-state index contributed by atoms with van der Waals surface area (Å²) in [6.07, 6.45) is 5.81. The summed E-state index contributed by atoms with van der Waals surface area (Å²) in [6.45, 7) is 0.519. The van der Waals surface area contributed by atoms with Crippen LogP contribution in [0.3, 0.4) is 0 Å². The normalized spacial score (nSPS) is 11.6. The molecule has 0 aliphatic rings. The second kappa shape index (κ2) is 7.37. The van der Waals surface area contributed by atoms with Gasteiger partial charge in [0.2, 0.25) is 0 Å². The number of hydrogen-bond donors (Lipinski definition) is 1. The summed E-state index contributed by atoms with van der Waals surface area (Å²) in [4.78, 5) is 0. The standard InChI is InChI=1S/C18H18O2/c1-2-3-12-18(19)16-10-7-11-17(13-16)20-14-15-8-5-4-6-9-15/h1,4-11,13,18-19H,3,12,14H2. The van der Waals surface area contributed by atoms with E-state index < -0.39 is 6.10 Å². The van der Waals surface area contributed by atoms with Crippen LogP contribution in [0.2, 0.25) is 0 Å². The minimum atomic E-state index is -0.536. The molecule has 2 aromatic carbocycles. The molecular weight excluding hydrogens is 248 g/mol. The molecule has 2 aromatic rings. The van der Waals surface area contributed by atoms with E-state index in [0.717, 1.165) is 16.9 Å². The van der Waals surface area contributed by atoms with Crippen LogP contribution in [-0.4, -0.2) is 5.11 Å². The minimum absolute atomic E-state index is 0.519. The SMILES string of the molecule is C#CCCC(O)c1cccc(OCc2ccccc2)c1. The van der Waals surface area contributed by atoms with Crippen LogP contribution in [0.1, 0.15) is 30.1 Å². The Hall–Kier alpha value is -2.24. The number of ether oxygens (including phenoxy) is 1. The molecule has 1 atom stereocenters. The van der Waals surface area contributed by atoms with Gasteiger partial charge in [-0.1, -0.05) is 42.5 Å². The van der Waals surface area contributed by atoms with Crippen LogP contribution in [-0.2, 0) is 6.61 Å². The summed E-state index contributed by atoms with van der Waals surface area (Å²) in [7, 11) is 0. The number of hydrogen-bond acceptors (Lipinski definition) is 2. The Morgan fingerprint density at radius 2 is 1.90 bits per heavy atom. The topological polar surface area (TPSA) is 29.5 Å². The number of rotatable bonds is 6. The van der Waals surface area contributed by atoms with Gasteiger partial charge in [0.1, 0.15) is 12.4 Å². The molecule has 0 saturated heterocycles. The lowest BCUT2D eigenvalue weighted by Crippen LogP contribution is -1.99. The molecule has 1 N–H and O–H groups in total. The minimum Gasteiger partial charge on any atom is -0.489 e. The second-order valence-electron chi connectivity index (χ2n) is 4.61. The molecule has 0 bridgehead atoms. The Bertz CT molecular complexity index is 569. The molecule has 0 spiro atoms. The van der Waals surface area contributed by atoms with Crippen molar-refractivity contribution in [3.05, 3.63) is 65.7 Å². The van der Waals surface area contributed by atoms with Crippen LogP contribution in [0.5, 0.6) is 5.75 Å². The number of benzene rings is 2. The highest BCUT2D eigenvalue weighted by atomic mass is 16.5. The van der Waals surface area contributed by atoms with Gasteiger partial charge in [0.25, 0.3) is 0 Å². The maximum absolute atomic E-state index is 10.0. The molecule has 0 radical (unpaired) electrons. The van der Waals surface area contributed by atoms with Crippen LogP contribution >= 0.6 is 0 Å². The van der Waals surface area contributed by atoms with Crippen molar-refractivity contribution in [1.29, 1.82) is 0 Å². The average molecular weight is 266 g/mol. The molecule has 0 fully saturated rings. The van der Waals surface area contributed by atoms with E-state index in [1.807, 2.05) is 54.6 Å². The molecule has 2 nitrogen and oxygen atoms in total. The third kappa shape index (κ3) is 4.15. The number of terminal acetylenes is 1. The summed E-state index contributed by atoms with van der Waals surface area (Å²) in [5.41, 5.74) is 1.96. The van der Waals surface area contributed by atoms with Gasteiger partial charge >= 0.3 is 0 Å². The molecule has 20 heavy (non-hydrogen) atoms. The highest BCUT2D eigenvalue weighted by Crippen LogP contribution is 2.23. The van der Waals surface area contributed by atoms with E-state index in [0.29, 0.717) is 19.4 Å². The molecule has 102 valence electrons. The first-order chi connectivity index (χ1) is 9.79. The summed E-state index contributed by atoms with van der Waals surface area (Å²) in [5.74, 6) is 3.29. The smallest absolute Gasteiger partial charge is 0.120 e. The van der Waals surface area contributed by atoms with Crippen molar-refractivity contribution >= 4 is 0 Å². The van der Waals surface area contributed by atoms with E-state index >= 15 is 0 Å². The Morgan fingerprint density at radius 1 is 1.10 bits per heavy atom. The molecule has 2 heteroatoms. The van der Waals surface area contributed by atoms with Gasteiger partial charge in [-0.2, -0.15) is 0 Å².